The lowest BCUT2D eigenvalue weighted by atomic mass is 9.98. The molecule has 0 radical (unpaired) electrons. The van der Waals surface area contributed by atoms with Crippen LogP contribution in [0.4, 0.5) is 4.79 Å². The highest BCUT2D eigenvalue weighted by Crippen LogP contribution is 2.10. The number of rotatable bonds is 12. The van der Waals surface area contributed by atoms with Gasteiger partial charge >= 0.3 is 6.09 Å². The second-order valence-electron chi connectivity index (χ2n) is 7.98. The summed E-state index contributed by atoms with van der Waals surface area (Å²) in [7, 11) is 1.44. The molecule has 0 aliphatic rings. The van der Waals surface area contributed by atoms with Gasteiger partial charge in [-0.3, -0.25) is 9.59 Å². The fraction of sp³-hybridized carbons (Fsp3) is 0.591. The third-order valence-electron chi connectivity index (χ3n) is 4.23. The van der Waals surface area contributed by atoms with Crippen LogP contribution in [0.1, 0.15) is 46.1 Å². The number of carbonyl (C=O) groups is 3. The van der Waals surface area contributed by atoms with Gasteiger partial charge in [0, 0.05) is 7.11 Å². The number of Topliss-reactive ketones (excluding diaryl/α,β-unsaturated/α-hetero) is 1. The first-order valence-corrected chi connectivity index (χ1v) is 10.0. The van der Waals surface area contributed by atoms with Gasteiger partial charge in [-0.1, -0.05) is 58.0 Å². The molecule has 0 heterocycles. The SMILES string of the molecule is COCC(=O)C(CC(C)C)NC(=O)[C@H](CC(C)C)NC(=O)OCc1ccccc1. The number of methoxy groups -OCH3 is 1. The molecule has 2 atom stereocenters. The first-order valence-electron chi connectivity index (χ1n) is 10.0. The molecule has 1 aromatic carbocycles. The molecule has 0 bridgehead atoms. The van der Waals surface area contributed by atoms with E-state index in [1.807, 2.05) is 58.0 Å². The summed E-state index contributed by atoms with van der Waals surface area (Å²) in [4.78, 5) is 37.3. The van der Waals surface area contributed by atoms with Gasteiger partial charge in [0.15, 0.2) is 5.78 Å². The quantitative estimate of drug-likeness (QED) is 0.556. The number of benzene rings is 1. The Hall–Kier alpha value is -2.41. The number of ether oxygens (including phenoxy) is 2. The maximum atomic E-state index is 12.8. The number of nitrogens with one attached hydrogen (secondary N) is 2. The highest BCUT2D eigenvalue weighted by Gasteiger charge is 2.28. The molecular formula is C22H34N2O5. The maximum absolute atomic E-state index is 12.8. The normalized spacial score (nSPS) is 13.1. The van der Waals surface area contributed by atoms with Gasteiger partial charge < -0.3 is 20.1 Å². The highest BCUT2D eigenvalue weighted by molar-refractivity contribution is 5.92. The number of alkyl carbamates (subject to hydrolysis) is 1. The van der Waals surface area contributed by atoms with Crippen molar-refractivity contribution in [3.63, 3.8) is 0 Å². The van der Waals surface area contributed by atoms with Crippen LogP contribution in [-0.2, 0) is 25.7 Å². The van der Waals surface area contributed by atoms with Crippen molar-refractivity contribution in [2.45, 2.75) is 59.2 Å². The molecule has 0 spiro atoms. The van der Waals surface area contributed by atoms with Gasteiger partial charge in [-0.25, -0.2) is 4.79 Å². The molecule has 2 amide bonds. The van der Waals surface area contributed by atoms with Crippen molar-refractivity contribution in [3.05, 3.63) is 35.9 Å². The molecule has 29 heavy (non-hydrogen) atoms. The summed E-state index contributed by atoms with van der Waals surface area (Å²) in [6, 6.07) is 7.86. The lowest BCUT2D eigenvalue weighted by Gasteiger charge is -2.24. The second-order valence-corrected chi connectivity index (χ2v) is 7.98. The molecule has 0 saturated carbocycles. The molecular weight excluding hydrogens is 372 g/mol. The van der Waals surface area contributed by atoms with E-state index in [4.69, 9.17) is 9.47 Å². The van der Waals surface area contributed by atoms with E-state index in [9.17, 15) is 14.4 Å². The fourth-order valence-corrected chi connectivity index (χ4v) is 2.87. The van der Waals surface area contributed by atoms with E-state index in [-0.39, 0.29) is 30.8 Å². The van der Waals surface area contributed by atoms with Gasteiger partial charge in [-0.2, -0.15) is 0 Å². The molecule has 1 unspecified atom stereocenters. The van der Waals surface area contributed by atoms with Crippen molar-refractivity contribution >= 4 is 17.8 Å². The maximum Gasteiger partial charge on any atom is 0.408 e. The van der Waals surface area contributed by atoms with Crippen LogP contribution >= 0.6 is 0 Å². The van der Waals surface area contributed by atoms with E-state index in [1.165, 1.54) is 7.11 Å². The van der Waals surface area contributed by atoms with Crippen LogP contribution in [0.3, 0.4) is 0 Å². The number of ketones is 1. The predicted octanol–water partition coefficient (Wildman–Crippen LogP) is 3.07. The highest BCUT2D eigenvalue weighted by atomic mass is 16.5. The summed E-state index contributed by atoms with van der Waals surface area (Å²) in [6.45, 7) is 7.91. The third-order valence-corrected chi connectivity index (χ3v) is 4.23. The van der Waals surface area contributed by atoms with Crippen molar-refractivity contribution in [3.8, 4) is 0 Å². The molecule has 0 aromatic heterocycles. The number of carbonyl (C=O) groups excluding carboxylic acids is 3. The van der Waals surface area contributed by atoms with Crippen molar-refractivity contribution in [1.82, 2.24) is 10.6 Å². The van der Waals surface area contributed by atoms with Gasteiger partial charge in [0.05, 0.1) is 6.04 Å². The monoisotopic (exact) mass is 406 g/mol. The minimum atomic E-state index is -0.789. The third kappa shape index (κ3) is 10.1. The van der Waals surface area contributed by atoms with E-state index in [2.05, 4.69) is 10.6 Å². The Kier molecular flexibility index (Phi) is 11.0. The number of hydrogen-bond donors (Lipinski definition) is 2. The zero-order valence-corrected chi connectivity index (χ0v) is 18.1. The average Bonchev–Trinajstić information content (AvgIpc) is 2.65. The van der Waals surface area contributed by atoms with E-state index in [0.717, 1.165) is 5.56 Å². The summed E-state index contributed by atoms with van der Waals surface area (Å²) in [5.74, 6) is -0.207. The molecule has 0 saturated heterocycles. The van der Waals surface area contributed by atoms with Gasteiger partial charge in [0.1, 0.15) is 19.3 Å². The minimum Gasteiger partial charge on any atom is -0.445 e. The standard InChI is InChI=1S/C22H34N2O5/c1-15(2)11-18(20(25)14-28-5)23-21(26)19(12-16(3)4)24-22(27)29-13-17-9-7-6-8-10-17/h6-10,15-16,18-19H,11-14H2,1-5H3,(H,23,26)(H,24,27)/t18?,19-/m0/s1. The smallest absolute Gasteiger partial charge is 0.408 e. The molecule has 0 aliphatic carbocycles. The van der Waals surface area contributed by atoms with Crippen LogP contribution in [-0.4, -0.2) is 43.6 Å². The molecule has 0 aliphatic heterocycles. The summed E-state index contributed by atoms with van der Waals surface area (Å²) >= 11 is 0. The van der Waals surface area contributed by atoms with E-state index in [1.54, 1.807) is 0 Å². The summed E-state index contributed by atoms with van der Waals surface area (Å²) in [5, 5.41) is 5.41. The molecule has 0 fully saturated rings. The first kappa shape index (κ1) is 24.6. The molecule has 7 nitrogen and oxygen atoms in total. The lowest BCUT2D eigenvalue weighted by Crippen LogP contribution is -2.52. The van der Waals surface area contributed by atoms with Crippen LogP contribution in [0.15, 0.2) is 30.3 Å². The van der Waals surface area contributed by atoms with Crippen LogP contribution < -0.4 is 10.6 Å². The fourth-order valence-electron chi connectivity index (χ4n) is 2.87. The Balaban J connectivity index is 2.74. The number of hydrogen-bond acceptors (Lipinski definition) is 5. The molecule has 1 rings (SSSR count). The van der Waals surface area contributed by atoms with Gasteiger partial charge in [-0.05, 0) is 30.2 Å². The van der Waals surface area contributed by atoms with Crippen LogP contribution in [0.25, 0.3) is 0 Å². The second kappa shape index (κ2) is 12.9. The van der Waals surface area contributed by atoms with Crippen molar-refractivity contribution < 1.29 is 23.9 Å². The summed E-state index contributed by atoms with van der Waals surface area (Å²) in [6.07, 6.45) is 0.262. The topological polar surface area (TPSA) is 93.7 Å². The molecule has 7 heteroatoms. The van der Waals surface area contributed by atoms with Gasteiger partial charge in [0.25, 0.3) is 0 Å². The zero-order chi connectivity index (χ0) is 21.8. The minimum absolute atomic E-state index is 0.0704. The van der Waals surface area contributed by atoms with Crippen LogP contribution in [0.2, 0.25) is 0 Å². The largest absolute Gasteiger partial charge is 0.445 e. The van der Waals surface area contributed by atoms with Crippen molar-refractivity contribution in [2.24, 2.45) is 11.8 Å². The number of amides is 2. The summed E-state index contributed by atoms with van der Waals surface area (Å²) < 4.78 is 10.1. The van der Waals surface area contributed by atoms with Gasteiger partial charge in [-0.15, -0.1) is 0 Å². The average molecular weight is 407 g/mol. The van der Waals surface area contributed by atoms with E-state index in [0.29, 0.717) is 12.8 Å². The van der Waals surface area contributed by atoms with E-state index < -0.39 is 24.1 Å². The summed E-state index contributed by atoms with van der Waals surface area (Å²) in [5.41, 5.74) is 0.856. The Morgan fingerprint density at radius 3 is 2.03 bits per heavy atom. The van der Waals surface area contributed by atoms with Crippen LogP contribution in [0, 0.1) is 11.8 Å². The predicted molar refractivity (Wildman–Crippen MR) is 111 cm³/mol. The first-order chi connectivity index (χ1) is 13.7. The molecule has 2 N–H and O–H groups in total. The van der Waals surface area contributed by atoms with Crippen LogP contribution in [0.5, 0.6) is 0 Å². The van der Waals surface area contributed by atoms with Crippen molar-refractivity contribution in [2.75, 3.05) is 13.7 Å². The Labute approximate surface area is 173 Å². The van der Waals surface area contributed by atoms with Crippen molar-refractivity contribution in [1.29, 1.82) is 0 Å². The Bertz CT molecular complexity index is 646. The Morgan fingerprint density at radius 1 is 0.897 bits per heavy atom. The zero-order valence-electron chi connectivity index (χ0n) is 18.1. The van der Waals surface area contributed by atoms with Gasteiger partial charge in [0.2, 0.25) is 5.91 Å². The molecule has 1 aromatic rings. The molecule has 162 valence electrons. The lowest BCUT2D eigenvalue weighted by molar-refractivity contribution is -0.131. The Morgan fingerprint density at radius 2 is 1.48 bits per heavy atom. The van der Waals surface area contributed by atoms with E-state index >= 15 is 0 Å².